The molecule has 0 bridgehead atoms. The van der Waals surface area contributed by atoms with E-state index in [1.54, 1.807) is 18.2 Å². The summed E-state index contributed by atoms with van der Waals surface area (Å²) in [6.07, 6.45) is 7.50. The fourth-order valence-corrected chi connectivity index (χ4v) is 0.995. The lowest BCUT2D eigenvalue weighted by molar-refractivity contribution is -0.136. The lowest BCUT2D eigenvalue weighted by Crippen LogP contribution is -2.08. The van der Waals surface area contributed by atoms with Crippen molar-refractivity contribution in [3.63, 3.8) is 0 Å². The largest absolute Gasteiger partial charge is 0.465 e. The van der Waals surface area contributed by atoms with Gasteiger partial charge < -0.3 is 9.47 Å². The smallest absolute Gasteiger partial charge is 0.356 e. The summed E-state index contributed by atoms with van der Waals surface area (Å²) in [7, 11) is 2.54. The molecule has 0 radical (unpaired) electrons. The third kappa shape index (κ3) is 2.91. The van der Waals surface area contributed by atoms with Gasteiger partial charge in [-0.25, -0.2) is 14.6 Å². The van der Waals surface area contributed by atoms with Gasteiger partial charge in [0.1, 0.15) is 5.70 Å². The number of rotatable bonds is 2. The first-order valence-corrected chi connectivity index (χ1v) is 4.48. The summed E-state index contributed by atoms with van der Waals surface area (Å²) in [6.45, 7) is 0. The Balaban J connectivity index is 2.94. The van der Waals surface area contributed by atoms with Crippen molar-refractivity contribution in [1.82, 2.24) is 0 Å². The van der Waals surface area contributed by atoms with Crippen molar-refractivity contribution < 1.29 is 19.1 Å². The molecule has 0 N–H and O–H groups in total. The predicted octanol–water partition coefficient (Wildman–Crippen LogP) is 0.783. The van der Waals surface area contributed by atoms with E-state index in [2.05, 4.69) is 14.5 Å². The molecule has 0 saturated carbocycles. The van der Waals surface area contributed by atoms with Crippen LogP contribution in [0, 0.1) is 0 Å². The average Bonchev–Trinajstić information content (AvgIpc) is 2.27. The molecule has 0 aliphatic carbocycles. The van der Waals surface area contributed by atoms with E-state index >= 15 is 0 Å². The highest BCUT2D eigenvalue weighted by Crippen LogP contribution is 2.05. The molecule has 1 rings (SSSR count). The molecule has 5 heteroatoms. The van der Waals surface area contributed by atoms with Crippen LogP contribution in [0.1, 0.15) is 0 Å². The summed E-state index contributed by atoms with van der Waals surface area (Å²) in [5.41, 5.74) is 0.376. The maximum absolute atomic E-state index is 11.2. The Morgan fingerprint density at radius 1 is 1.06 bits per heavy atom. The van der Waals surface area contributed by atoms with Crippen molar-refractivity contribution in [1.29, 1.82) is 0 Å². The normalized spacial score (nSPS) is 14.4. The summed E-state index contributed by atoms with van der Waals surface area (Å²) < 4.78 is 9.06. The van der Waals surface area contributed by atoms with Gasteiger partial charge in [-0.2, -0.15) is 0 Å². The Morgan fingerprint density at radius 2 is 1.69 bits per heavy atom. The van der Waals surface area contributed by atoms with E-state index < -0.39 is 11.9 Å². The van der Waals surface area contributed by atoms with Crippen LogP contribution in [-0.2, 0) is 19.1 Å². The Kier molecular flexibility index (Phi) is 4.20. The number of esters is 2. The van der Waals surface area contributed by atoms with Crippen LogP contribution in [0.25, 0.3) is 0 Å². The highest BCUT2D eigenvalue weighted by molar-refractivity contribution is 6.10. The van der Waals surface area contributed by atoms with E-state index in [1.807, 2.05) is 0 Å². The molecule has 0 amide bonds. The number of methoxy groups -OCH3 is 2. The molecular weight excluding hydrogens is 210 g/mol. The Bertz CT molecular complexity index is 378. The van der Waals surface area contributed by atoms with Crippen molar-refractivity contribution in [3.05, 3.63) is 35.6 Å². The number of carbonyl (C=O) groups is 2. The van der Waals surface area contributed by atoms with Crippen LogP contribution in [0.15, 0.2) is 40.6 Å². The highest BCUT2D eigenvalue weighted by Gasteiger charge is 2.10. The summed E-state index contributed by atoms with van der Waals surface area (Å²) in [5.74, 6) is -1.08. The van der Waals surface area contributed by atoms with Crippen LogP contribution in [0.3, 0.4) is 0 Å². The van der Waals surface area contributed by atoms with Crippen LogP contribution >= 0.6 is 0 Å². The Labute approximate surface area is 92.8 Å². The minimum atomic E-state index is -0.563. The second-order valence-electron chi connectivity index (χ2n) is 2.80. The van der Waals surface area contributed by atoms with E-state index in [0.717, 1.165) is 0 Å². The fourth-order valence-electron chi connectivity index (χ4n) is 0.995. The van der Waals surface area contributed by atoms with Gasteiger partial charge in [0.05, 0.1) is 19.8 Å². The zero-order valence-electron chi connectivity index (χ0n) is 8.97. The second-order valence-corrected chi connectivity index (χ2v) is 2.80. The van der Waals surface area contributed by atoms with E-state index in [4.69, 9.17) is 0 Å². The molecule has 0 aromatic carbocycles. The van der Waals surface area contributed by atoms with E-state index in [0.29, 0.717) is 0 Å². The minimum absolute atomic E-state index is 0.119. The molecule has 0 aromatic rings. The number of nitrogens with zero attached hydrogens (tertiary/aromatic N) is 1. The van der Waals surface area contributed by atoms with E-state index in [-0.39, 0.29) is 11.3 Å². The summed E-state index contributed by atoms with van der Waals surface area (Å²) in [6, 6.07) is 0. The van der Waals surface area contributed by atoms with Gasteiger partial charge in [0.2, 0.25) is 0 Å². The molecule has 5 nitrogen and oxygen atoms in total. The first kappa shape index (κ1) is 11.9. The van der Waals surface area contributed by atoms with Gasteiger partial charge in [0.25, 0.3) is 0 Å². The van der Waals surface area contributed by atoms with Gasteiger partial charge in [-0.1, -0.05) is 12.2 Å². The second kappa shape index (κ2) is 5.65. The maximum atomic E-state index is 11.2. The lowest BCUT2D eigenvalue weighted by atomic mass is 10.2. The standard InChI is InChI=1S/C11H11NO4/c1-15-10(13)8-5-3-4-6-9(12-7-8)11(14)16-2/h3-7H,1-2H3. The van der Waals surface area contributed by atoms with Crippen LogP contribution in [-0.4, -0.2) is 32.4 Å². The molecule has 16 heavy (non-hydrogen) atoms. The Hall–Kier alpha value is -2.17. The van der Waals surface area contributed by atoms with Crippen LogP contribution in [0.4, 0.5) is 0 Å². The SMILES string of the molecule is COC(=O)C1=CC=CC=C(C(=O)OC)N=C1. The number of hydrogen-bond acceptors (Lipinski definition) is 5. The third-order valence-corrected chi connectivity index (χ3v) is 1.80. The van der Waals surface area contributed by atoms with Crippen LogP contribution in [0.5, 0.6) is 0 Å². The third-order valence-electron chi connectivity index (χ3n) is 1.80. The summed E-state index contributed by atoms with van der Waals surface area (Å²) in [5, 5.41) is 0. The van der Waals surface area contributed by atoms with Crippen molar-refractivity contribution in [2.24, 2.45) is 4.99 Å². The maximum Gasteiger partial charge on any atom is 0.356 e. The van der Waals surface area contributed by atoms with Crippen molar-refractivity contribution in [2.45, 2.75) is 0 Å². The first-order valence-electron chi connectivity index (χ1n) is 4.48. The van der Waals surface area contributed by atoms with Gasteiger partial charge in [0, 0.05) is 6.21 Å². The number of allylic oxidation sites excluding steroid dienone is 4. The zero-order chi connectivity index (χ0) is 12.0. The van der Waals surface area contributed by atoms with Crippen molar-refractivity contribution in [3.8, 4) is 0 Å². The van der Waals surface area contributed by atoms with Gasteiger partial charge in [-0.05, 0) is 12.2 Å². The monoisotopic (exact) mass is 221 g/mol. The summed E-state index contributed by atoms with van der Waals surface area (Å²) >= 11 is 0. The fraction of sp³-hybridized carbons (Fsp3) is 0.182. The van der Waals surface area contributed by atoms with Crippen LogP contribution < -0.4 is 0 Å². The lowest BCUT2D eigenvalue weighted by Gasteiger charge is -2.01. The van der Waals surface area contributed by atoms with Gasteiger partial charge >= 0.3 is 11.9 Å². The van der Waals surface area contributed by atoms with E-state index in [9.17, 15) is 9.59 Å². The molecule has 0 aromatic heterocycles. The van der Waals surface area contributed by atoms with Crippen molar-refractivity contribution >= 4 is 18.2 Å². The predicted molar refractivity (Wildman–Crippen MR) is 57.8 cm³/mol. The zero-order valence-corrected chi connectivity index (χ0v) is 8.97. The van der Waals surface area contributed by atoms with E-state index in [1.165, 1.54) is 26.5 Å². The molecule has 1 aliphatic rings. The quantitative estimate of drug-likeness (QED) is 0.646. The Morgan fingerprint density at radius 3 is 2.31 bits per heavy atom. The summed E-state index contributed by atoms with van der Waals surface area (Å²) in [4.78, 5) is 26.3. The molecule has 0 unspecified atom stereocenters. The number of carbonyl (C=O) groups excluding carboxylic acids is 2. The van der Waals surface area contributed by atoms with Crippen molar-refractivity contribution in [2.75, 3.05) is 14.2 Å². The first-order chi connectivity index (χ1) is 7.69. The van der Waals surface area contributed by atoms with Crippen LogP contribution in [0.2, 0.25) is 0 Å². The molecule has 1 aliphatic heterocycles. The number of ether oxygens (including phenoxy) is 2. The molecule has 0 spiro atoms. The highest BCUT2D eigenvalue weighted by atomic mass is 16.5. The molecule has 84 valence electrons. The molecule has 0 atom stereocenters. The number of aliphatic imine (C=N–C) groups is 1. The topological polar surface area (TPSA) is 65.0 Å². The van der Waals surface area contributed by atoms with Gasteiger partial charge in [0.15, 0.2) is 0 Å². The van der Waals surface area contributed by atoms with Gasteiger partial charge in [-0.15, -0.1) is 0 Å². The average molecular weight is 221 g/mol. The number of hydrogen-bond donors (Lipinski definition) is 0. The molecule has 1 heterocycles. The molecule has 0 fully saturated rings. The molecule has 0 saturated heterocycles. The minimum Gasteiger partial charge on any atom is -0.465 e. The molecular formula is C11H11NO4. The van der Waals surface area contributed by atoms with Gasteiger partial charge in [-0.3, -0.25) is 0 Å².